The summed E-state index contributed by atoms with van der Waals surface area (Å²) in [6.07, 6.45) is 1.09. The number of carbonyl (C=O) groups excluding carboxylic acids is 1. The molecule has 0 bridgehead atoms. The first-order valence-electron chi connectivity index (χ1n) is 7.76. The third-order valence-electron chi connectivity index (χ3n) is 3.52. The molecule has 2 aromatic carbocycles. The van der Waals surface area contributed by atoms with Crippen LogP contribution in [0.4, 0.5) is 11.4 Å². The van der Waals surface area contributed by atoms with Crippen molar-refractivity contribution in [3.63, 3.8) is 0 Å². The standard InChI is InChI=1S/C17H17ClN2O5S/c1-26(22,23)20-14-5-3-2-4-13(14)19-16(21)10-11-8-12(18)17-15(9-11)24-6-7-25-17/h2-5,8-9,20H,6-7,10H2,1H3,(H,19,21). The van der Waals surface area contributed by atoms with Gasteiger partial charge in [0, 0.05) is 0 Å². The maximum absolute atomic E-state index is 12.4. The number of benzene rings is 2. The molecule has 138 valence electrons. The van der Waals surface area contributed by atoms with Gasteiger partial charge in [-0.15, -0.1) is 0 Å². The maximum Gasteiger partial charge on any atom is 0.229 e. The van der Waals surface area contributed by atoms with Gasteiger partial charge >= 0.3 is 0 Å². The highest BCUT2D eigenvalue weighted by Crippen LogP contribution is 2.38. The van der Waals surface area contributed by atoms with Crippen LogP contribution >= 0.6 is 11.6 Å². The van der Waals surface area contributed by atoms with Crippen LogP contribution in [0.5, 0.6) is 11.5 Å². The highest BCUT2D eigenvalue weighted by molar-refractivity contribution is 7.92. The predicted molar refractivity (Wildman–Crippen MR) is 99.7 cm³/mol. The van der Waals surface area contributed by atoms with Gasteiger partial charge in [-0.1, -0.05) is 23.7 Å². The van der Waals surface area contributed by atoms with Crippen molar-refractivity contribution >= 4 is 38.9 Å². The van der Waals surface area contributed by atoms with Crippen molar-refractivity contribution in [2.45, 2.75) is 6.42 Å². The second-order valence-electron chi connectivity index (χ2n) is 5.75. The quantitative estimate of drug-likeness (QED) is 0.810. The molecule has 2 aromatic rings. The third-order valence-corrected chi connectivity index (χ3v) is 4.39. The summed E-state index contributed by atoms with van der Waals surface area (Å²) < 4.78 is 36.2. The Hall–Kier alpha value is -2.45. The van der Waals surface area contributed by atoms with E-state index in [2.05, 4.69) is 10.0 Å². The predicted octanol–water partition coefficient (Wildman–Crippen LogP) is 2.66. The number of halogens is 1. The van der Waals surface area contributed by atoms with Crippen LogP contribution < -0.4 is 19.5 Å². The Bertz CT molecular complexity index is 946. The zero-order valence-corrected chi connectivity index (χ0v) is 15.5. The van der Waals surface area contributed by atoms with Crippen molar-refractivity contribution in [3.05, 3.63) is 47.0 Å². The van der Waals surface area contributed by atoms with Crippen LogP contribution in [0, 0.1) is 0 Å². The van der Waals surface area contributed by atoms with Gasteiger partial charge < -0.3 is 14.8 Å². The monoisotopic (exact) mass is 396 g/mol. The summed E-state index contributed by atoms with van der Waals surface area (Å²) in [6.45, 7) is 0.847. The first-order valence-corrected chi connectivity index (χ1v) is 10.0. The van der Waals surface area contributed by atoms with Gasteiger partial charge in [-0.2, -0.15) is 0 Å². The van der Waals surface area contributed by atoms with E-state index < -0.39 is 10.0 Å². The van der Waals surface area contributed by atoms with E-state index in [-0.39, 0.29) is 12.3 Å². The second-order valence-corrected chi connectivity index (χ2v) is 7.90. The van der Waals surface area contributed by atoms with Gasteiger partial charge in [0.05, 0.1) is 29.1 Å². The van der Waals surface area contributed by atoms with Crippen molar-refractivity contribution in [1.29, 1.82) is 0 Å². The summed E-state index contributed by atoms with van der Waals surface area (Å²) in [5.41, 5.74) is 1.32. The molecule has 0 saturated heterocycles. The maximum atomic E-state index is 12.4. The van der Waals surface area contributed by atoms with Crippen molar-refractivity contribution < 1.29 is 22.7 Å². The van der Waals surface area contributed by atoms with Gasteiger partial charge in [0.2, 0.25) is 15.9 Å². The molecule has 0 atom stereocenters. The lowest BCUT2D eigenvalue weighted by atomic mass is 10.1. The van der Waals surface area contributed by atoms with E-state index in [4.69, 9.17) is 21.1 Å². The van der Waals surface area contributed by atoms with E-state index in [1.54, 1.807) is 36.4 Å². The molecule has 1 aliphatic heterocycles. The zero-order valence-electron chi connectivity index (χ0n) is 13.9. The van der Waals surface area contributed by atoms with Crippen LogP contribution in [0.25, 0.3) is 0 Å². The van der Waals surface area contributed by atoms with Crippen molar-refractivity contribution in [3.8, 4) is 11.5 Å². The lowest BCUT2D eigenvalue weighted by Crippen LogP contribution is -2.18. The number of carbonyl (C=O) groups is 1. The van der Waals surface area contributed by atoms with E-state index >= 15 is 0 Å². The average Bonchev–Trinajstić information content (AvgIpc) is 2.55. The average molecular weight is 397 g/mol. The van der Waals surface area contributed by atoms with Gasteiger partial charge in [-0.25, -0.2) is 8.42 Å². The van der Waals surface area contributed by atoms with Crippen LogP contribution in [-0.4, -0.2) is 33.8 Å². The Morgan fingerprint density at radius 3 is 2.58 bits per heavy atom. The van der Waals surface area contributed by atoms with E-state index in [9.17, 15) is 13.2 Å². The molecule has 0 aromatic heterocycles. The number of sulfonamides is 1. The third kappa shape index (κ3) is 4.59. The molecule has 0 spiro atoms. The number of hydrogen-bond acceptors (Lipinski definition) is 5. The Kier molecular flexibility index (Phi) is 5.24. The summed E-state index contributed by atoms with van der Waals surface area (Å²) in [5, 5.41) is 3.08. The molecular formula is C17H17ClN2O5S. The Morgan fingerprint density at radius 2 is 1.85 bits per heavy atom. The van der Waals surface area contributed by atoms with Crippen LogP contribution in [0.3, 0.4) is 0 Å². The molecule has 7 nitrogen and oxygen atoms in total. The SMILES string of the molecule is CS(=O)(=O)Nc1ccccc1NC(=O)Cc1cc(Cl)c2c(c1)OCCO2. The Labute approximate surface area is 156 Å². The first-order chi connectivity index (χ1) is 12.3. The van der Waals surface area contributed by atoms with Crippen molar-refractivity contribution in [2.75, 3.05) is 29.5 Å². The molecule has 26 heavy (non-hydrogen) atoms. The van der Waals surface area contributed by atoms with Crippen LogP contribution in [0.1, 0.15) is 5.56 Å². The molecule has 0 fully saturated rings. The molecule has 0 unspecified atom stereocenters. The summed E-state index contributed by atoms with van der Waals surface area (Å²) in [4.78, 5) is 12.4. The minimum atomic E-state index is -3.46. The number of para-hydroxylation sites is 2. The van der Waals surface area contributed by atoms with Gasteiger partial charge in [-0.3, -0.25) is 9.52 Å². The van der Waals surface area contributed by atoms with E-state index in [1.165, 1.54) is 0 Å². The number of ether oxygens (including phenoxy) is 2. The van der Waals surface area contributed by atoms with Gasteiger partial charge in [0.25, 0.3) is 0 Å². The topological polar surface area (TPSA) is 93.7 Å². The highest BCUT2D eigenvalue weighted by atomic mass is 35.5. The number of amides is 1. The lowest BCUT2D eigenvalue weighted by molar-refractivity contribution is -0.115. The Balaban J connectivity index is 1.75. The second kappa shape index (κ2) is 7.43. The highest BCUT2D eigenvalue weighted by Gasteiger charge is 2.18. The van der Waals surface area contributed by atoms with Gasteiger partial charge in [0.15, 0.2) is 11.5 Å². The molecule has 0 aliphatic carbocycles. The fourth-order valence-corrected chi connectivity index (χ4v) is 3.39. The molecule has 1 heterocycles. The Morgan fingerprint density at radius 1 is 1.15 bits per heavy atom. The minimum absolute atomic E-state index is 0.0452. The van der Waals surface area contributed by atoms with Crippen LogP contribution in [-0.2, 0) is 21.2 Å². The fraction of sp³-hybridized carbons (Fsp3) is 0.235. The molecule has 3 rings (SSSR count). The van der Waals surface area contributed by atoms with E-state index in [1.807, 2.05) is 0 Å². The molecule has 1 aliphatic rings. The van der Waals surface area contributed by atoms with Gasteiger partial charge in [0.1, 0.15) is 13.2 Å². The van der Waals surface area contributed by atoms with Crippen LogP contribution in [0.15, 0.2) is 36.4 Å². The minimum Gasteiger partial charge on any atom is -0.486 e. The molecule has 2 N–H and O–H groups in total. The number of fused-ring (bicyclic) bond motifs is 1. The molecule has 0 radical (unpaired) electrons. The zero-order chi connectivity index (χ0) is 18.7. The summed E-state index contributed by atoms with van der Waals surface area (Å²) in [6, 6.07) is 9.91. The van der Waals surface area contributed by atoms with Crippen molar-refractivity contribution in [2.24, 2.45) is 0 Å². The normalized spacial score (nSPS) is 13.2. The van der Waals surface area contributed by atoms with E-state index in [0.717, 1.165) is 6.26 Å². The number of anilines is 2. The first kappa shape index (κ1) is 18.3. The van der Waals surface area contributed by atoms with Crippen LogP contribution in [0.2, 0.25) is 5.02 Å². The number of hydrogen-bond donors (Lipinski definition) is 2. The fourth-order valence-electron chi connectivity index (χ4n) is 2.53. The molecular weight excluding hydrogens is 380 g/mol. The summed E-state index contributed by atoms with van der Waals surface area (Å²) in [7, 11) is -3.46. The van der Waals surface area contributed by atoms with Crippen molar-refractivity contribution in [1.82, 2.24) is 0 Å². The smallest absolute Gasteiger partial charge is 0.229 e. The molecule has 1 amide bonds. The number of rotatable bonds is 5. The van der Waals surface area contributed by atoms with E-state index in [0.29, 0.717) is 46.7 Å². The molecule has 0 saturated carbocycles. The summed E-state index contributed by atoms with van der Waals surface area (Å²) >= 11 is 6.18. The summed E-state index contributed by atoms with van der Waals surface area (Å²) in [5.74, 6) is 0.663. The molecule has 9 heteroatoms. The largest absolute Gasteiger partial charge is 0.486 e. The lowest BCUT2D eigenvalue weighted by Gasteiger charge is -2.20. The van der Waals surface area contributed by atoms with Gasteiger partial charge in [-0.05, 0) is 29.8 Å². The number of nitrogens with one attached hydrogen (secondary N) is 2.